The van der Waals surface area contributed by atoms with E-state index < -0.39 is 0 Å². The van der Waals surface area contributed by atoms with E-state index in [1.165, 1.54) is 6.20 Å². The lowest BCUT2D eigenvalue weighted by molar-refractivity contribution is 0.0716. The number of nitrogens with zero attached hydrogens (tertiary/aromatic N) is 2. The van der Waals surface area contributed by atoms with Crippen LogP contribution in [-0.2, 0) is 0 Å². The quantitative estimate of drug-likeness (QED) is 0.871. The minimum Gasteiger partial charge on any atom is -0.397 e. The molecule has 0 saturated carbocycles. The molecule has 0 aromatic carbocycles. The number of aromatic nitrogens is 1. The molecule has 0 unspecified atom stereocenters. The third kappa shape index (κ3) is 4.02. The third-order valence-electron chi connectivity index (χ3n) is 2.54. The minimum atomic E-state index is -0.00250. The fraction of sp³-hybridized carbons (Fsp3) is 0.571. The summed E-state index contributed by atoms with van der Waals surface area (Å²) < 4.78 is 0. The maximum Gasteiger partial charge on any atom is 0.256 e. The molecule has 0 saturated heterocycles. The number of nitrogen functional groups attached to an aromatic ring is 1. The van der Waals surface area contributed by atoms with Crippen LogP contribution in [0.5, 0.6) is 0 Å². The predicted molar refractivity (Wildman–Crippen MR) is 74.2 cm³/mol. The van der Waals surface area contributed by atoms with E-state index in [1.807, 2.05) is 4.90 Å². The molecule has 1 rings (SSSR count). The molecule has 2 N–H and O–H groups in total. The molecule has 1 heterocycles. The maximum atomic E-state index is 12.5. The summed E-state index contributed by atoms with van der Waals surface area (Å²) in [6, 6.07) is 1.69. The summed E-state index contributed by atoms with van der Waals surface area (Å²) >= 11 is 0. The van der Waals surface area contributed by atoms with Gasteiger partial charge in [0, 0.05) is 19.3 Å². The highest BCUT2D eigenvalue weighted by molar-refractivity contribution is 5.98. The average Bonchev–Trinajstić information content (AvgIpc) is 2.26. The summed E-state index contributed by atoms with van der Waals surface area (Å²) in [6.07, 6.45) is 3.13. The van der Waals surface area contributed by atoms with Crippen molar-refractivity contribution in [3.63, 3.8) is 0 Å². The van der Waals surface area contributed by atoms with Crippen LogP contribution >= 0.6 is 0 Å². The largest absolute Gasteiger partial charge is 0.397 e. The summed E-state index contributed by atoms with van der Waals surface area (Å²) in [5.41, 5.74) is 6.80. The van der Waals surface area contributed by atoms with E-state index in [-0.39, 0.29) is 5.91 Å². The Morgan fingerprint density at radius 1 is 1.28 bits per heavy atom. The predicted octanol–water partition coefficient (Wildman–Crippen LogP) is 2.42. The Morgan fingerprint density at radius 3 is 2.28 bits per heavy atom. The first-order chi connectivity index (χ1) is 8.41. The minimum absolute atomic E-state index is 0.00250. The summed E-state index contributed by atoms with van der Waals surface area (Å²) in [4.78, 5) is 18.2. The second-order valence-electron chi connectivity index (χ2n) is 5.46. The zero-order valence-corrected chi connectivity index (χ0v) is 11.7. The van der Waals surface area contributed by atoms with Gasteiger partial charge in [0.2, 0.25) is 0 Å². The molecule has 0 atom stereocenters. The third-order valence-corrected chi connectivity index (χ3v) is 2.54. The molecule has 1 amide bonds. The van der Waals surface area contributed by atoms with Crippen molar-refractivity contribution in [1.29, 1.82) is 0 Å². The molecule has 4 nitrogen and oxygen atoms in total. The zero-order chi connectivity index (χ0) is 13.7. The van der Waals surface area contributed by atoms with Crippen LogP contribution in [-0.4, -0.2) is 28.9 Å². The van der Waals surface area contributed by atoms with E-state index in [0.717, 1.165) is 13.1 Å². The van der Waals surface area contributed by atoms with Crippen LogP contribution in [0.25, 0.3) is 0 Å². The number of anilines is 1. The number of amides is 1. The van der Waals surface area contributed by atoms with Gasteiger partial charge in [0.1, 0.15) is 0 Å². The van der Waals surface area contributed by atoms with Gasteiger partial charge in [0.05, 0.1) is 17.4 Å². The van der Waals surface area contributed by atoms with Gasteiger partial charge in [-0.25, -0.2) is 0 Å². The Morgan fingerprint density at radius 2 is 1.83 bits per heavy atom. The number of carbonyl (C=O) groups is 1. The van der Waals surface area contributed by atoms with Crippen molar-refractivity contribution in [1.82, 2.24) is 9.88 Å². The molecule has 0 bridgehead atoms. The standard InChI is InChI=1S/C14H23N3O/c1-10(2)8-17(9-11(3)4)14(18)12-5-6-16-7-13(12)15/h5-7,10-11H,8-9,15H2,1-4H3. The van der Waals surface area contributed by atoms with Crippen molar-refractivity contribution in [3.05, 3.63) is 24.0 Å². The van der Waals surface area contributed by atoms with Crippen LogP contribution in [0, 0.1) is 11.8 Å². The summed E-state index contributed by atoms with van der Waals surface area (Å²) in [5.74, 6) is 0.879. The molecule has 0 spiro atoms. The van der Waals surface area contributed by atoms with Crippen molar-refractivity contribution >= 4 is 11.6 Å². The van der Waals surface area contributed by atoms with Crippen LogP contribution in [0.1, 0.15) is 38.1 Å². The van der Waals surface area contributed by atoms with Crippen LogP contribution in [0.3, 0.4) is 0 Å². The highest BCUT2D eigenvalue weighted by Crippen LogP contribution is 2.14. The normalized spacial score (nSPS) is 11.0. The van der Waals surface area contributed by atoms with Crippen molar-refractivity contribution in [3.8, 4) is 0 Å². The Kier molecular flexibility index (Phi) is 5.13. The first-order valence-electron chi connectivity index (χ1n) is 6.40. The van der Waals surface area contributed by atoms with Crippen LogP contribution in [0.4, 0.5) is 5.69 Å². The highest BCUT2D eigenvalue weighted by Gasteiger charge is 2.19. The molecule has 1 aromatic heterocycles. The number of pyridine rings is 1. The van der Waals surface area contributed by atoms with E-state index in [1.54, 1.807) is 12.3 Å². The first kappa shape index (κ1) is 14.5. The number of hydrogen-bond donors (Lipinski definition) is 1. The van der Waals surface area contributed by atoms with Gasteiger partial charge in [-0.15, -0.1) is 0 Å². The molecular weight excluding hydrogens is 226 g/mol. The number of nitrogens with two attached hydrogens (primary N) is 1. The summed E-state index contributed by atoms with van der Waals surface area (Å²) in [5, 5.41) is 0. The van der Waals surface area contributed by atoms with Gasteiger partial charge in [-0.2, -0.15) is 0 Å². The monoisotopic (exact) mass is 249 g/mol. The van der Waals surface area contributed by atoms with Gasteiger partial charge in [0.15, 0.2) is 0 Å². The van der Waals surface area contributed by atoms with Gasteiger partial charge < -0.3 is 10.6 Å². The second-order valence-corrected chi connectivity index (χ2v) is 5.46. The van der Waals surface area contributed by atoms with Gasteiger partial charge in [-0.1, -0.05) is 27.7 Å². The van der Waals surface area contributed by atoms with Crippen LogP contribution in [0.15, 0.2) is 18.5 Å². The average molecular weight is 249 g/mol. The Hall–Kier alpha value is -1.58. The highest BCUT2D eigenvalue weighted by atomic mass is 16.2. The van der Waals surface area contributed by atoms with Gasteiger partial charge >= 0.3 is 0 Å². The Labute approximate surface area is 109 Å². The lowest BCUT2D eigenvalue weighted by atomic mass is 10.1. The molecule has 1 aromatic rings. The molecular formula is C14H23N3O. The number of carbonyl (C=O) groups excluding carboxylic acids is 1. The fourth-order valence-corrected chi connectivity index (χ4v) is 1.89. The van der Waals surface area contributed by atoms with Crippen LogP contribution in [0.2, 0.25) is 0 Å². The molecule has 100 valence electrons. The number of rotatable bonds is 5. The lowest BCUT2D eigenvalue weighted by Gasteiger charge is -2.26. The molecule has 0 fully saturated rings. The van der Waals surface area contributed by atoms with Crippen molar-refractivity contribution in [2.75, 3.05) is 18.8 Å². The Bertz CT molecular complexity index is 392. The Balaban J connectivity index is 2.91. The zero-order valence-electron chi connectivity index (χ0n) is 11.7. The number of hydrogen-bond acceptors (Lipinski definition) is 3. The topological polar surface area (TPSA) is 59.2 Å². The van der Waals surface area contributed by atoms with E-state index in [4.69, 9.17) is 5.73 Å². The second kappa shape index (κ2) is 6.38. The first-order valence-corrected chi connectivity index (χ1v) is 6.40. The van der Waals surface area contributed by atoms with Gasteiger partial charge in [0.25, 0.3) is 5.91 Å². The van der Waals surface area contributed by atoms with E-state index >= 15 is 0 Å². The smallest absolute Gasteiger partial charge is 0.256 e. The lowest BCUT2D eigenvalue weighted by Crippen LogP contribution is -2.37. The van der Waals surface area contributed by atoms with Crippen molar-refractivity contribution in [2.45, 2.75) is 27.7 Å². The van der Waals surface area contributed by atoms with Gasteiger partial charge in [-0.05, 0) is 17.9 Å². The maximum absolute atomic E-state index is 12.5. The van der Waals surface area contributed by atoms with Crippen LogP contribution < -0.4 is 5.73 Å². The summed E-state index contributed by atoms with van der Waals surface area (Å²) in [6.45, 7) is 9.93. The van der Waals surface area contributed by atoms with Crippen molar-refractivity contribution in [2.24, 2.45) is 11.8 Å². The molecule has 0 aliphatic carbocycles. The van der Waals surface area contributed by atoms with E-state index in [0.29, 0.717) is 23.1 Å². The van der Waals surface area contributed by atoms with E-state index in [2.05, 4.69) is 32.7 Å². The summed E-state index contributed by atoms with van der Waals surface area (Å²) in [7, 11) is 0. The van der Waals surface area contributed by atoms with Gasteiger partial charge in [-0.3, -0.25) is 9.78 Å². The molecule has 0 aliphatic heterocycles. The molecule has 0 aliphatic rings. The molecule has 4 heteroatoms. The van der Waals surface area contributed by atoms with Crippen molar-refractivity contribution < 1.29 is 4.79 Å². The fourth-order valence-electron chi connectivity index (χ4n) is 1.89. The molecule has 18 heavy (non-hydrogen) atoms. The SMILES string of the molecule is CC(C)CN(CC(C)C)C(=O)c1ccncc1N. The molecule has 0 radical (unpaired) electrons. The van der Waals surface area contributed by atoms with E-state index in [9.17, 15) is 4.79 Å².